The lowest BCUT2D eigenvalue weighted by Gasteiger charge is -2.29. The van der Waals surface area contributed by atoms with Crippen LogP contribution in [0.1, 0.15) is 35.2 Å². The first-order chi connectivity index (χ1) is 12.6. The summed E-state index contributed by atoms with van der Waals surface area (Å²) in [6.45, 7) is 2.72. The van der Waals surface area contributed by atoms with Crippen molar-refractivity contribution in [3.8, 4) is 0 Å². The van der Waals surface area contributed by atoms with Gasteiger partial charge >= 0.3 is 0 Å². The normalized spacial score (nSPS) is 14.1. The van der Waals surface area contributed by atoms with Crippen molar-refractivity contribution in [2.24, 2.45) is 0 Å². The number of nitrogens with one attached hydrogen (secondary N) is 1. The van der Waals surface area contributed by atoms with Gasteiger partial charge in [0.15, 0.2) is 0 Å². The number of furan rings is 1. The minimum absolute atomic E-state index is 0.0353. The SMILES string of the molecule is CN(Cc1ccc(N2CCCCC2)cc1)C(=O)CNC(=O)c1ccoc1. The number of likely N-dealkylation sites (N-methyl/N-ethyl adjacent to an activating group) is 1. The predicted molar refractivity (Wildman–Crippen MR) is 100 cm³/mol. The second kappa shape index (κ2) is 8.56. The number of nitrogens with zero attached hydrogens (tertiary/aromatic N) is 2. The Labute approximate surface area is 153 Å². The standard InChI is InChI=1S/C20H25N3O3/c1-22(19(24)13-21-20(25)17-9-12-26-15-17)14-16-5-7-18(8-6-16)23-10-3-2-4-11-23/h5-9,12,15H,2-4,10-11,13-14H2,1H3,(H,21,25). The molecule has 1 fully saturated rings. The maximum atomic E-state index is 12.2. The number of benzene rings is 1. The number of amides is 2. The van der Waals surface area contributed by atoms with Gasteiger partial charge in [-0.25, -0.2) is 0 Å². The largest absolute Gasteiger partial charge is 0.472 e. The van der Waals surface area contributed by atoms with Crippen molar-refractivity contribution in [3.63, 3.8) is 0 Å². The van der Waals surface area contributed by atoms with Gasteiger partial charge in [-0.05, 0) is 43.0 Å². The molecule has 2 heterocycles. The molecule has 0 spiro atoms. The number of carbonyl (C=O) groups is 2. The molecule has 1 aromatic heterocycles. The quantitative estimate of drug-likeness (QED) is 0.865. The summed E-state index contributed by atoms with van der Waals surface area (Å²) < 4.78 is 4.86. The number of hydrogen-bond donors (Lipinski definition) is 1. The predicted octanol–water partition coefficient (Wildman–Crippen LogP) is 2.66. The molecule has 138 valence electrons. The minimum Gasteiger partial charge on any atom is -0.472 e. The molecule has 0 atom stereocenters. The van der Waals surface area contributed by atoms with Gasteiger partial charge in [0, 0.05) is 32.4 Å². The number of rotatable bonds is 6. The maximum absolute atomic E-state index is 12.2. The molecule has 1 N–H and O–H groups in total. The van der Waals surface area contributed by atoms with Gasteiger partial charge in [0.2, 0.25) is 5.91 Å². The van der Waals surface area contributed by atoms with Gasteiger partial charge in [-0.15, -0.1) is 0 Å². The molecule has 0 saturated carbocycles. The zero-order valence-corrected chi connectivity index (χ0v) is 15.1. The minimum atomic E-state index is -0.314. The van der Waals surface area contributed by atoms with E-state index in [0.717, 1.165) is 18.7 Å². The molecule has 0 bridgehead atoms. The van der Waals surface area contributed by atoms with Crippen LogP contribution in [0.4, 0.5) is 5.69 Å². The van der Waals surface area contributed by atoms with Gasteiger partial charge < -0.3 is 19.5 Å². The zero-order valence-electron chi connectivity index (χ0n) is 15.1. The highest BCUT2D eigenvalue weighted by molar-refractivity contribution is 5.96. The summed E-state index contributed by atoms with van der Waals surface area (Å²) in [6, 6.07) is 9.95. The monoisotopic (exact) mass is 355 g/mol. The van der Waals surface area contributed by atoms with Crippen molar-refractivity contribution in [2.75, 3.05) is 31.6 Å². The lowest BCUT2D eigenvalue weighted by Crippen LogP contribution is -2.37. The Kier molecular flexibility index (Phi) is 5.94. The smallest absolute Gasteiger partial charge is 0.254 e. The van der Waals surface area contributed by atoms with Gasteiger partial charge in [-0.3, -0.25) is 9.59 Å². The van der Waals surface area contributed by atoms with Crippen molar-refractivity contribution in [3.05, 3.63) is 54.0 Å². The van der Waals surface area contributed by atoms with Gasteiger partial charge in [0.1, 0.15) is 6.26 Å². The number of piperidine rings is 1. The Bertz CT molecular complexity index is 719. The molecule has 2 amide bonds. The van der Waals surface area contributed by atoms with Crippen LogP contribution < -0.4 is 10.2 Å². The summed E-state index contributed by atoms with van der Waals surface area (Å²) in [5, 5.41) is 2.61. The molecule has 1 aromatic carbocycles. The van der Waals surface area contributed by atoms with Crippen LogP contribution in [0.5, 0.6) is 0 Å². The van der Waals surface area contributed by atoms with E-state index in [4.69, 9.17) is 4.42 Å². The fourth-order valence-corrected chi connectivity index (χ4v) is 3.11. The van der Waals surface area contributed by atoms with Crippen LogP contribution in [0.3, 0.4) is 0 Å². The Hall–Kier alpha value is -2.76. The average molecular weight is 355 g/mol. The van der Waals surface area contributed by atoms with Crippen LogP contribution in [0.2, 0.25) is 0 Å². The third-order valence-electron chi connectivity index (χ3n) is 4.69. The Balaban J connectivity index is 1.48. The summed E-state index contributed by atoms with van der Waals surface area (Å²) >= 11 is 0. The van der Waals surface area contributed by atoms with Crippen LogP contribution in [0.25, 0.3) is 0 Å². The van der Waals surface area contributed by atoms with Gasteiger partial charge in [-0.2, -0.15) is 0 Å². The van der Waals surface area contributed by atoms with Gasteiger partial charge in [0.25, 0.3) is 5.91 Å². The van der Waals surface area contributed by atoms with E-state index in [1.807, 2.05) is 0 Å². The van der Waals surface area contributed by atoms with Crippen molar-refractivity contribution in [2.45, 2.75) is 25.8 Å². The topological polar surface area (TPSA) is 65.8 Å². The molecule has 3 rings (SSSR count). The number of hydrogen-bond acceptors (Lipinski definition) is 4. The van der Waals surface area contributed by atoms with Crippen molar-refractivity contribution < 1.29 is 14.0 Å². The number of carbonyl (C=O) groups excluding carboxylic acids is 2. The summed E-state index contributed by atoms with van der Waals surface area (Å²) in [4.78, 5) is 28.1. The molecular weight excluding hydrogens is 330 g/mol. The first kappa shape index (κ1) is 18.0. The lowest BCUT2D eigenvalue weighted by molar-refractivity contribution is -0.129. The van der Waals surface area contributed by atoms with Crippen molar-refractivity contribution in [1.82, 2.24) is 10.2 Å². The first-order valence-corrected chi connectivity index (χ1v) is 9.02. The number of anilines is 1. The van der Waals surface area contributed by atoms with Crippen LogP contribution in [-0.4, -0.2) is 43.4 Å². The highest BCUT2D eigenvalue weighted by Gasteiger charge is 2.14. The van der Waals surface area contributed by atoms with E-state index >= 15 is 0 Å². The molecule has 0 aliphatic carbocycles. The van der Waals surface area contributed by atoms with E-state index < -0.39 is 0 Å². The highest BCUT2D eigenvalue weighted by atomic mass is 16.3. The Morgan fingerprint density at radius 1 is 1.12 bits per heavy atom. The van der Waals surface area contributed by atoms with Crippen molar-refractivity contribution >= 4 is 17.5 Å². The Morgan fingerprint density at radius 3 is 2.50 bits per heavy atom. The molecule has 1 aliphatic rings. The zero-order chi connectivity index (χ0) is 18.4. The molecule has 2 aromatic rings. The van der Waals surface area contributed by atoms with Crippen LogP contribution in [-0.2, 0) is 11.3 Å². The average Bonchev–Trinajstić information content (AvgIpc) is 3.22. The second-order valence-electron chi connectivity index (χ2n) is 6.66. The third-order valence-corrected chi connectivity index (χ3v) is 4.69. The summed E-state index contributed by atoms with van der Waals surface area (Å²) in [5.74, 6) is -0.451. The van der Waals surface area contributed by atoms with Crippen LogP contribution in [0, 0.1) is 0 Å². The lowest BCUT2D eigenvalue weighted by atomic mass is 10.1. The van der Waals surface area contributed by atoms with E-state index in [0.29, 0.717) is 12.1 Å². The Morgan fingerprint density at radius 2 is 1.85 bits per heavy atom. The molecule has 26 heavy (non-hydrogen) atoms. The highest BCUT2D eigenvalue weighted by Crippen LogP contribution is 2.20. The van der Waals surface area contributed by atoms with E-state index in [9.17, 15) is 9.59 Å². The van der Waals surface area contributed by atoms with Gasteiger partial charge in [0.05, 0.1) is 18.4 Å². The van der Waals surface area contributed by atoms with E-state index in [-0.39, 0.29) is 18.4 Å². The van der Waals surface area contributed by atoms with E-state index in [1.54, 1.807) is 18.0 Å². The summed E-state index contributed by atoms with van der Waals surface area (Å²) in [6.07, 6.45) is 6.61. The summed E-state index contributed by atoms with van der Waals surface area (Å²) in [7, 11) is 1.74. The maximum Gasteiger partial charge on any atom is 0.254 e. The fourth-order valence-electron chi connectivity index (χ4n) is 3.11. The fraction of sp³-hybridized carbons (Fsp3) is 0.400. The van der Waals surface area contributed by atoms with Crippen molar-refractivity contribution in [1.29, 1.82) is 0 Å². The molecule has 0 unspecified atom stereocenters. The van der Waals surface area contributed by atoms with Gasteiger partial charge in [-0.1, -0.05) is 12.1 Å². The summed E-state index contributed by atoms with van der Waals surface area (Å²) in [5.41, 5.74) is 2.73. The molecule has 0 radical (unpaired) electrons. The van der Waals surface area contributed by atoms with E-state index in [1.165, 1.54) is 37.5 Å². The van der Waals surface area contributed by atoms with Crippen LogP contribution in [0.15, 0.2) is 47.3 Å². The van der Waals surface area contributed by atoms with E-state index in [2.05, 4.69) is 34.5 Å². The second-order valence-corrected chi connectivity index (χ2v) is 6.66. The molecule has 6 heteroatoms. The first-order valence-electron chi connectivity index (χ1n) is 9.02. The molecular formula is C20H25N3O3. The molecule has 6 nitrogen and oxygen atoms in total. The third kappa shape index (κ3) is 4.65. The molecule has 1 aliphatic heterocycles. The van der Waals surface area contributed by atoms with Crippen LogP contribution >= 0.6 is 0 Å². The molecule has 1 saturated heterocycles.